The largest absolute Gasteiger partial charge is 0.385 e. The highest BCUT2D eigenvalue weighted by Gasteiger charge is 2.02. The third kappa shape index (κ3) is 5.76. The predicted octanol–water partition coefficient (Wildman–Crippen LogP) is 2.14. The Morgan fingerprint density at radius 1 is 1.40 bits per heavy atom. The highest BCUT2D eigenvalue weighted by Crippen LogP contribution is 2.15. The molecule has 15 heavy (non-hydrogen) atoms. The van der Waals surface area contributed by atoms with Crippen LogP contribution in [-0.2, 0) is 10.1 Å². The molecule has 0 spiro atoms. The summed E-state index contributed by atoms with van der Waals surface area (Å²) < 4.78 is 30.3. The minimum atomic E-state index is -3.84. The lowest BCUT2D eigenvalue weighted by Gasteiger charge is -2.05. The molecule has 0 unspecified atom stereocenters. The Bertz CT molecular complexity index is 419. The van der Waals surface area contributed by atoms with Gasteiger partial charge in [-0.2, -0.15) is 8.42 Å². The molecule has 1 aromatic rings. The van der Waals surface area contributed by atoms with Crippen LogP contribution in [0.4, 0.5) is 5.69 Å². The van der Waals surface area contributed by atoms with Crippen LogP contribution in [0, 0.1) is 0 Å². The molecule has 6 heteroatoms. The molecule has 0 heterocycles. The highest BCUT2D eigenvalue weighted by molar-refractivity contribution is 9.10. The summed E-state index contributed by atoms with van der Waals surface area (Å²) in [6.45, 7) is 0.510. The van der Waals surface area contributed by atoms with Crippen molar-refractivity contribution in [1.29, 1.82) is 0 Å². The summed E-state index contributed by atoms with van der Waals surface area (Å²) >= 11 is 3.33. The molecular formula is C9H12BrNO3S. The summed E-state index contributed by atoms with van der Waals surface area (Å²) in [6, 6.07) is 7.57. The normalized spacial score (nSPS) is 11.3. The van der Waals surface area contributed by atoms with Gasteiger partial charge in [-0.15, -0.1) is 0 Å². The standard InChI is InChI=1S/C9H12BrNO3S/c10-8-3-1-4-9(7-8)11-5-2-6-15(12,13)14/h1,3-4,7,11H,2,5-6H2,(H,12,13,14). The van der Waals surface area contributed by atoms with Crippen LogP contribution in [0.3, 0.4) is 0 Å². The molecule has 0 atom stereocenters. The molecule has 1 aromatic carbocycles. The van der Waals surface area contributed by atoms with Crippen LogP contribution < -0.4 is 5.32 Å². The van der Waals surface area contributed by atoms with Crippen molar-refractivity contribution in [2.24, 2.45) is 0 Å². The first kappa shape index (κ1) is 12.5. The van der Waals surface area contributed by atoms with Gasteiger partial charge in [-0.1, -0.05) is 22.0 Å². The van der Waals surface area contributed by atoms with Crippen LogP contribution >= 0.6 is 15.9 Å². The van der Waals surface area contributed by atoms with Crippen molar-refractivity contribution in [3.05, 3.63) is 28.7 Å². The summed E-state index contributed by atoms with van der Waals surface area (Å²) in [5, 5.41) is 3.05. The molecule has 0 aliphatic carbocycles. The topological polar surface area (TPSA) is 66.4 Å². The van der Waals surface area contributed by atoms with Gasteiger partial charge in [-0.05, 0) is 24.6 Å². The smallest absolute Gasteiger partial charge is 0.264 e. The van der Waals surface area contributed by atoms with Gasteiger partial charge in [0.2, 0.25) is 0 Å². The third-order valence-electron chi connectivity index (χ3n) is 1.73. The Hall–Kier alpha value is -0.590. The summed E-state index contributed by atoms with van der Waals surface area (Å²) in [6.07, 6.45) is 0.380. The van der Waals surface area contributed by atoms with E-state index in [0.717, 1.165) is 10.2 Å². The van der Waals surface area contributed by atoms with E-state index in [0.29, 0.717) is 13.0 Å². The third-order valence-corrected chi connectivity index (χ3v) is 3.03. The van der Waals surface area contributed by atoms with E-state index >= 15 is 0 Å². The quantitative estimate of drug-likeness (QED) is 0.645. The van der Waals surface area contributed by atoms with Crippen molar-refractivity contribution < 1.29 is 13.0 Å². The van der Waals surface area contributed by atoms with Crippen LogP contribution in [0.25, 0.3) is 0 Å². The van der Waals surface area contributed by atoms with E-state index in [1.54, 1.807) is 0 Å². The van der Waals surface area contributed by atoms with Gasteiger partial charge >= 0.3 is 0 Å². The zero-order valence-electron chi connectivity index (χ0n) is 7.98. The number of hydrogen-bond acceptors (Lipinski definition) is 3. The lowest BCUT2D eigenvalue weighted by molar-refractivity contribution is 0.481. The number of benzene rings is 1. The van der Waals surface area contributed by atoms with Gasteiger partial charge in [0.15, 0.2) is 0 Å². The van der Waals surface area contributed by atoms with Crippen molar-refractivity contribution in [2.75, 3.05) is 17.6 Å². The van der Waals surface area contributed by atoms with Crippen LogP contribution in [-0.4, -0.2) is 25.3 Å². The molecule has 0 saturated carbocycles. The second kappa shape index (κ2) is 5.48. The molecule has 0 saturated heterocycles. The average Bonchev–Trinajstić information content (AvgIpc) is 2.11. The Morgan fingerprint density at radius 3 is 2.73 bits per heavy atom. The molecule has 4 nitrogen and oxygen atoms in total. The van der Waals surface area contributed by atoms with Crippen molar-refractivity contribution in [3.63, 3.8) is 0 Å². The number of hydrogen-bond donors (Lipinski definition) is 2. The van der Waals surface area contributed by atoms with Gasteiger partial charge in [0.25, 0.3) is 10.1 Å². The maximum atomic E-state index is 10.4. The van der Waals surface area contributed by atoms with Crippen molar-refractivity contribution in [3.8, 4) is 0 Å². The molecular weight excluding hydrogens is 282 g/mol. The second-order valence-corrected chi connectivity index (χ2v) is 5.56. The lowest BCUT2D eigenvalue weighted by atomic mass is 10.3. The zero-order chi connectivity index (χ0) is 11.3. The molecule has 0 aromatic heterocycles. The molecule has 2 N–H and O–H groups in total. The fraction of sp³-hybridized carbons (Fsp3) is 0.333. The summed E-state index contributed by atoms with van der Waals surface area (Å²) in [5.74, 6) is -0.214. The van der Waals surface area contributed by atoms with Crippen LogP contribution in [0.2, 0.25) is 0 Å². The Labute approximate surface area is 97.6 Å². The van der Waals surface area contributed by atoms with Gasteiger partial charge in [0.1, 0.15) is 0 Å². The maximum absolute atomic E-state index is 10.4. The fourth-order valence-electron chi connectivity index (χ4n) is 1.09. The first-order chi connectivity index (χ1) is 6.97. The van der Waals surface area contributed by atoms with Gasteiger partial charge in [-0.25, -0.2) is 0 Å². The Morgan fingerprint density at radius 2 is 2.13 bits per heavy atom. The van der Waals surface area contributed by atoms with E-state index in [1.807, 2.05) is 24.3 Å². The van der Waals surface area contributed by atoms with Crippen molar-refractivity contribution in [1.82, 2.24) is 0 Å². The molecule has 0 aliphatic rings. The second-order valence-electron chi connectivity index (χ2n) is 3.08. The van der Waals surface area contributed by atoms with E-state index < -0.39 is 10.1 Å². The molecule has 0 radical (unpaired) electrons. The molecule has 1 rings (SSSR count). The number of anilines is 1. The van der Waals surface area contributed by atoms with E-state index in [1.165, 1.54) is 0 Å². The maximum Gasteiger partial charge on any atom is 0.264 e. The molecule has 0 aliphatic heterocycles. The summed E-state index contributed by atoms with van der Waals surface area (Å²) in [7, 11) is -3.84. The molecule has 84 valence electrons. The van der Waals surface area contributed by atoms with E-state index in [2.05, 4.69) is 21.2 Å². The average molecular weight is 294 g/mol. The monoisotopic (exact) mass is 293 g/mol. The first-order valence-corrected chi connectivity index (χ1v) is 6.82. The number of nitrogens with one attached hydrogen (secondary N) is 1. The molecule has 0 fully saturated rings. The van der Waals surface area contributed by atoms with Crippen molar-refractivity contribution in [2.45, 2.75) is 6.42 Å². The number of halogens is 1. The molecule has 0 bridgehead atoms. The zero-order valence-corrected chi connectivity index (χ0v) is 10.4. The minimum absolute atomic E-state index is 0.214. The highest BCUT2D eigenvalue weighted by atomic mass is 79.9. The first-order valence-electron chi connectivity index (χ1n) is 4.42. The Balaban J connectivity index is 2.32. The fourth-order valence-corrected chi connectivity index (χ4v) is 1.99. The van der Waals surface area contributed by atoms with E-state index in [4.69, 9.17) is 4.55 Å². The van der Waals surface area contributed by atoms with Gasteiger partial charge in [0.05, 0.1) is 5.75 Å². The minimum Gasteiger partial charge on any atom is -0.385 e. The molecule has 0 amide bonds. The van der Waals surface area contributed by atoms with Crippen molar-refractivity contribution >= 4 is 31.7 Å². The summed E-state index contributed by atoms with van der Waals surface area (Å²) in [5.41, 5.74) is 0.916. The number of rotatable bonds is 5. The Kier molecular flexibility index (Phi) is 4.56. The van der Waals surface area contributed by atoms with E-state index in [-0.39, 0.29) is 5.75 Å². The summed E-state index contributed by atoms with van der Waals surface area (Å²) in [4.78, 5) is 0. The van der Waals surface area contributed by atoms with Crippen LogP contribution in [0.5, 0.6) is 0 Å². The van der Waals surface area contributed by atoms with Crippen LogP contribution in [0.15, 0.2) is 28.7 Å². The van der Waals surface area contributed by atoms with Gasteiger partial charge < -0.3 is 5.32 Å². The lowest BCUT2D eigenvalue weighted by Crippen LogP contribution is -2.10. The van der Waals surface area contributed by atoms with Gasteiger partial charge in [-0.3, -0.25) is 4.55 Å². The van der Waals surface area contributed by atoms with Crippen LogP contribution in [0.1, 0.15) is 6.42 Å². The van der Waals surface area contributed by atoms with E-state index in [9.17, 15) is 8.42 Å². The predicted molar refractivity (Wildman–Crippen MR) is 63.7 cm³/mol. The SMILES string of the molecule is O=S(=O)(O)CCCNc1cccc(Br)c1. The van der Waals surface area contributed by atoms with Gasteiger partial charge in [0, 0.05) is 16.7 Å².